The summed E-state index contributed by atoms with van der Waals surface area (Å²) in [6.07, 6.45) is 3.47. The van der Waals surface area contributed by atoms with Crippen LogP contribution < -0.4 is 5.73 Å². The van der Waals surface area contributed by atoms with Gasteiger partial charge in [0.2, 0.25) is 0 Å². The van der Waals surface area contributed by atoms with Crippen molar-refractivity contribution >= 4 is 28.5 Å². The first kappa shape index (κ1) is 13.4. The van der Waals surface area contributed by atoms with E-state index in [-0.39, 0.29) is 0 Å². The van der Waals surface area contributed by atoms with E-state index in [4.69, 9.17) is 27.7 Å². The van der Waals surface area contributed by atoms with Crippen molar-refractivity contribution in [2.45, 2.75) is 25.2 Å². The second kappa shape index (κ2) is 5.83. The molecule has 0 amide bonds. The fourth-order valence-electron chi connectivity index (χ4n) is 2.37. The van der Waals surface area contributed by atoms with Crippen LogP contribution in [0, 0.1) is 0 Å². The Bertz CT molecular complexity index is 464. The van der Waals surface area contributed by atoms with E-state index in [1.54, 1.807) is 11.3 Å². The predicted octanol–water partition coefficient (Wildman–Crippen LogP) is 1.53. The van der Waals surface area contributed by atoms with E-state index in [0.29, 0.717) is 10.9 Å². The summed E-state index contributed by atoms with van der Waals surface area (Å²) in [7, 11) is 0. The van der Waals surface area contributed by atoms with Gasteiger partial charge in [-0.25, -0.2) is 4.98 Å². The van der Waals surface area contributed by atoms with Gasteiger partial charge in [-0.3, -0.25) is 4.90 Å². The second-order valence-corrected chi connectivity index (χ2v) is 6.69. The topological polar surface area (TPSA) is 51.4 Å². The molecule has 0 unspecified atom stereocenters. The lowest BCUT2D eigenvalue weighted by Gasteiger charge is -2.25. The van der Waals surface area contributed by atoms with Crippen molar-refractivity contribution in [2.24, 2.45) is 5.73 Å². The van der Waals surface area contributed by atoms with Gasteiger partial charge in [0.05, 0.1) is 28.8 Å². The number of rotatable bonds is 5. The first-order chi connectivity index (χ1) is 9.24. The van der Waals surface area contributed by atoms with Crippen LogP contribution in [0.3, 0.4) is 0 Å². The second-order valence-electron chi connectivity index (χ2n) is 5.16. The minimum absolute atomic E-state index is 0.511. The molecule has 6 heteroatoms. The van der Waals surface area contributed by atoms with E-state index >= 15 is 0 Å². The van der Waals surface area contributed by atoms with Crippen LogP contribution in [0.15, 0.2) is 0 Å². The third kappa shape index (κ3) is 3.31. The van der Waals surface area contributed by atoms with E-state index in [1.165, 1.54) is 17.8 Å². The molecule has 1 aromatic rings. The number of nitrogens with two attached hydrogens (primary N) is 1. The zero-order chi connectivity index (χ0) is 13.2. The third-order valence-electron chi connectivity index (χ3n) is 3.63. The van der Waals surface area contributed by atoms with E-state index in [9.17, 15) is 0 Å². The summed E-state index contributed by atoms with van der Waals surface area (Å²) >= 11 is 6.83. The molecule has 1 saturated carbocycles. The van der Waals surface area contributed by atoms with Crippen LogP contribution in [0.25, 0.3) is 0 Å². The molecule has 19 heavy (non-hydrogen) atoms. The number of ether oxygens (including phenoxy) is 1. The molecule has 1 saturated heterocycles. The predicted molar refractivity (Wildman–Crippen MR) is 80.9 cm³/mol. The molecule has 3 rings (SSSR count). The Morgan fingerprint density at radius 2 is 2.16 bits per heavy atom. The Kier molecular flexibility index (Phi) is 4.12. The van der Waals surface area contributed by atoms with Gasteiger partial charge >= 0.3 is 0 Å². The fourth-order valence-corrected chi connectivity index (χ4v) is 3.59. The number of hydrogen-bond acceptors (Lipinski definition) is 5. The Morgan fingerprint density at radius 1 is 1.42 bits per heavy atom. The minimum atomic E-state index is 0.511. The quantitative estimate of drug-likeness (QED) is 0.835. The SMILES string of the molecule is NC(=S)c1sc(CCN2CCOCC2)nc1C1CC1. The molecule has 2 N–H and O–H groups in total. The molecular weight excluding hydrogens is 278 g/mol. The van der Waals surface area contributed by atoms with Crippen molar-refractivity contribution < 1.29 is 4.74 Å². The molecule has 1 aliphatic carbocycles. The summed E-state index contributed by atoms with van der Waals surface area (Å²) in [5.41, 5.74) is 6.97. The third-order valence-corrected chi connectivity index (χ3v) is 5.13. The largest absolute Gasteiger partial charge is 0.389 e. The molecule has 0 atom stereocenters. The number of nitrogens with zero attached hydrogens (tertiary/aromatic N) is 2. The summed E-state index contributed by atoms with van der Waals surface area (Å²) in [5, 5.41) is 1.18. The molecule has 0 radical (unpaired) electrons. The van der Waals surface area contributed by atoms with Gasteiger partial charge in [0.15, 0.2) is 0 Å². The summed E-state index contributed by atoms with van der Waals surface area (Å²) in [6.45, 7) is 4.82. The molecule has 2 fully saturated rings. The normalized spacial score (nSPS) is 20.6. The highest BCUT2D eigenvalue weighted by molar-refractivity contribution is 7.81. The van der Waals surface area contributed by atoms with Crippen molar-refractivity contribution in [1.82, 2.24) is 9.88 Å². The van der Waals surface area contributed by atoms with E-state index in [1.807, 2.05) is 0 Å². The number of hydrogen-bond donors (Lipinski definition) is 1. The zero-order valence-corrected chi connectivity index (χ0v) is 12.6. The van der Waals surface area contributed by atoms with Crippen molar-refractivity contribution in [3.05, 3.63) is 15.6 Å². The number of thiazole rings is 1. The van der Waals surface area contributed by atoms with Crippen LogP contribution in [0.4, 0.5) is 0 Å². The molecule has 2 heterocycles. The van der Waals surface area contributed by atoms with Gasteiger partial charge in [0.25, 0.3) is 0 Å². The van der Waals surface area contributed by atoms with Crippen LogP contribution in [-0.2, 0) is 11.2 Å². The summed E-state index contributed by atoms with van der Waals surface area (Å²) in [5.74, 6) is 0.616. The minimum Gasteiger partial charge on any atom is -0.389 e. The smallest absolute Gasteiger partial charge is 0.116 e. The summed E-state index contributed by atoms with van der Waals surface area (Å²) < 4.78 is 5.36. The van der Waals surface area contributed by atoms with Gasteiger partial charge in [-0.05, 0) is 12.8 Å². The fraction of sp³-hybridized carbons (Fsp3) is 0.692. The van der Waals surface area contributed by atoms with Gasteiger partial charge in [0, 0.05) is 32.0 Å². The van der Waals surface area contributed by atoms with Gasteiger partial charge in [-0.1, -0.05) is 12.2 Å². The molecule has 4 nitrogen and oxygen atoms in total. The van der Waals surface area contributed by atoms with Crippen molar-refractivity contribution in [2.75, 3.05) is 32.8 Å². The molecule has 0 bridgehead atoms. The van der Waals surface area contributed by atoms with Gasteiger partial charge in [-0.2, -0.15) is 0 Å². The van der Waals surface area contributed by atoms with E-state index < -0.39 is 0 Å². The van der Waals surface area contributed by atoms with Crippen molar-refractivity contribution in [1.29, 1.82) is 0 Å². The first-order valence-electron chi connectivity index (χ1n) is 6.83. The molecule has 1 aromatic heterocycles. The maximum atomic E-state index is 5.81. The Labute approximate surface area is 123 Å². The molecule has 0 spiro atoms. The van der Waals surface area contributed by atoms with Crippen LogP contribution in [0.5, 0.6) is 0 Å². The summed E-state index contributed by atoms with van der Waals surface area (Å²) in [4.78, 5) is 8.77. The van der Waals surface area contributed by atoms with Crippen LogP contribution in [0.1, 0.15) is 34.3 Å². The highest BCUT2D eigenvalue weighted by Gasteiger charge is 2.30. The maximum absolute atomic E-state index is 5.81. The lowest BCUT2D eigenvalue weighted by atomic mass is 10.2. The monoisotopic (exact) mass is 297 g/mol. The molecule has 104 valence electrons. The standard InChI is InChI=1S/C13H19N3OS2/c14-13(18)12-11(9-1-2-9)15-10(19-12)3-4-16-5-7-17-8-6-16/h9H,1-8H2,(H2,14,18). The van der Waals surface area contributed by atoms with E-state index in [2.05, 4.69) is 4.90 Å². The lowest BCUT2D eigenvalue weighted by molar-refractivity contribution is 0.0384. The highest BCUT2D eigenvalue weighted by atomic mass is 32.1. The molecule has 2 aliphatic rings. The average Bonchev–Trinajstić information content (AvgIpc) is 3.17. The lowest BCUT2D eigenvalue weighted by Crippen LogP contribution is -2.37. The van der Waals surface area contributed by atoms with Crippen LogP contribution in [-0.4, -0.2) is 47.7 Å². The Balaban J connectivity index is 1.63. The first-order valence-corrected chi connectivity index (χ1v) is 8.06. The summed E-state index contributed by atoms with van der Waals surface area (Å²) in [6, 6.07) is 0. The zero-order valence-electron chi connectivity index (χ0n) is 10.9. The Morgan fingerprint density at radius 3 is 2.79 bits per heavy atom. The van der Waals surface area contributed by atoms with E-state index in [0.717, 1.165) is 49.8 Å². The van der Waals surface area contributed by atoms with Crippen LogP contribution in [0.2, 0.25) is 0 Å². The van der Waals surface area contributed by atoms with Gasteiger partial charge in [-0.15, -0.1) is 11.3 Å². The highest BCUT2D eigenvalue weighted by Crippen LogP contribution is 2.42. The molecule has 1 aliphatic heterocycles. The van der Waals surface area contributed by atoms with Gasteiger partial charge in [0.1, 0.15) is 4.99 Å². The van der Waals surface area contributed by atoms with Crippen molar-refractivity contribution in [3.8, 4) is 0 Å². The average molecular weight is 297 g/mol. The number of aromatic nitrogens is 1. The number of morpholine rings is 1. The van der Waals surface area contributed by atoms with Crippen LogP contribution >= 0.6 is 23.6 Å². The molecular formula is C13H19N3OS2. The Hall–Kier alpha value is -0.560. The molecule has 0 aromatic carbocycles. The van der Waals surface area contributed by atoms with Gasteiger partial charge < -0.3 is 10.5 Å². The van der Waals surface area contributed by atoms with Crippen molar-refractivity contribution in [3.63, 3.8) is 0 Å². The number of thiocarbonyl (C=S) groups is 1. The maximum Gasteiger partial charge on any atom is 0.116 e.